The van der Waals surface area contributed by atoms with Crippen molar-refractivity contribution in [2.75, 3.05) is 20.0 Å². The average molecular weight is 249 g/mol. The Hall–Kier alpha value is 1.17. The van der Waals surface area contributed by atoms with Gasteiger partial charge in [0.15, 0.2) is 0 Å². The predicted octanol–water partition coefficient (Wildman–Crippen LogP) is -1.38. The Labute approximate surface area is 102 Å². The maximum Gasteiger partial charge on any atom is 2.00 e. The molecule has 0 spiro atoms. The Balaban J connectivity index is -0.000000405. The number of unbranched alkanes of at least 4 members (excludes halogenated alkanes) is 2. The van der Waals surface area contributed by atoms with Gasteiger partial charge >= 0.3 is 23.1 Å². The molecule has 0 fully saturated rings. The topological polar surface area (TPSA) is 18.5 Å². The number of ether oxygens (including phenoxy) is 2. The van der Waals surface area contributed by atoms with E-state index in [0.717, 1.165) is 26.1 Å². The van der Waals surface area contributed by atoms with Gasteiger partial charge in [0.25, 0.3) is 0 Å². The van der Waals surface area contributed by atoms with E-state index in [4.69, 9.17) is 9.47 Å². The molecule has 0 aromatic rings. The molecule has 0 rings (SSSR count). The summed E-state index contributed by atoms with van der Waals surface area (Å²) >= 11 is 0. The second kappa shape index (κ2) is 18.1. The molecule has 0 radical (unpaired) electrons. The summed E-state index contributed by atoms with van der Waals surface area (Å²) in [5.74, 6) is 0. The molecule has 0 saturated carbocycles. The average Bonchev–Trinajstić information content (AvgIpc) is 1.97. The van der Waals surface area contributed by atoms with Crippen molar-refractivity contribution in [2.45, 2.75) is 26.7 Å². The second-order valence-electron chi connectivity index (χ2n) is 2.07. The summed E-state index contributed by atoms with van der Waals surface area (Å²) in [5, 5.41) is 0. The van der Waals surface area contributed by atoms with Gasteiger partial charge in [0, 0.05) is 13.2 Å². The molecule has 70 valence electrons. The van der Waals surface area contributed by atoms with E-state index >= 15 is 0 Å². The van der Waals surface area contributed by atoms with Crippen LogP contribution < -0.4 is 17.0 Å². The summed E-state index contributed by atoms with van der Waals surface area (Å²) < 4.78 is 10.1. The van der Waals surface area contributed by atoms with E-state index in [9.17, 15) is 0 Å². The van der Waals surface area contributed by atoms with Crippen LogP contribution in [0.15, 0.2) is 0 Å². The Kier molecular flexibility index (Phi) is 28.4. The van der Waals surface area contributed by atoms with Gasteiger partial charge in [-0.05, 0) is 6.92 Å². The molecule has 0 N–H and O–H groups in total. The molecule has 0 unspecified atom stereocenters. The molecule has 0 aliphatic heterocycles. The van der Waals surface area contributed by atoms with E-state index in [1.807, 2.05) is 6.92 Å². The Morgan fingerprint density at radius 1 is 1.25 bits per heavy atom. The van der Waals surface area contributed by atoms with Crippen LogP contribution in [0.3, 0.4) is 0 Å². The quantitative estimate of drug-likeness (QED) is 0.240. The Morgan fingerprint density at radius 2 is 1.92 bits per heavy atom. The van der Waals surface area contributed by atoms with Crippen LogP contribution >= 0.6 is 0 Å². The van der Waals surface area contributed by atoms with Crippen molar-refractivity contribution in [1.82, 2.24) is 0 Å². The van der Waals surface area contributed by atoms with Crippen molar-refractivity contribution < 1.29 is 26.5 Å². The van der Waals surface area contributed by atoms with E-state index in [0.29, 0.717) is 6.79 Å². The maximum absolute atomic E-state index is 5.13. The van der Waals surface area contributed by atoms with Crippen LogP contribution in [0.1, 0.15) is 26.7 Å². The molecule has 2 nitrogen and oxygen atoms in total. The first-order valence-electron chi connectivity index (χ1n) is 3.85. The number of halogens is 1. The third-order valence-corrected chi connectivity index (χ3v) is 1.15. The van der Waals surface area contributed by atoms with Crippen molar-refractivity contribution in [1.29, 1.82) is 0 Å². The van der Waals surface area contributed by atoms with Gasteiger partial charge < -0.3 is 32.9 Å². The van der Waals surface area contributed by atoms with Crippen molar-refractivity contribution >= 4 is 23.1 Å². The molecule has 0 aliphatic carbocycles. The third kappa shape index (κ3) is 17.3. The molecule has 0 amide bonds. The Morgan fingerprint density at radius 3 is 2.42 bits per heavy atom. The minimum Gasteiger partial charge on any atom is -1.00 e. The van der Waals surface area contributed by atoms with Gasteiger partial charge in [-0.1, -0.05) is 6.42 Å². The second-order valence-corrected chi connectivity index (χ2v) is 2.07. The largest absolute Gasteiger partial charge is 2.00 e. The molecule has 0 saturated heterocycles. The van der Waals surface area contributed by atoms with Crippen LogP contribution in [0.5, 0.6) is 0 Å². The molecule has 4 heteroatoms. The summed E-state index contributed by atoms with van der Waals surface area (Å²) in [6.45, 7) is 6.01. The first-order chi connectivity index (χ1) is 4.91. The number of rotatable bonds is 7. The van der Waals surface area contributed by atoms with Crippen molar-refractivity contribution in [3.63, 3.8) is 0 Å². The smallest absolute Gasteiger partial charge is 1.00 e. The predicted molar refractivity (Wildman–Crippen MR) is 47.4 cm³/mol. The van der Waals surface area contributed by atoms with Gasteiger partial charge in [0.05, 0.1) is 0 Å². The SMILES string of the molecule is C[CH-]CCCOCOCC.[Br-].[Mg+2]. The summed E-state index contributed by atoms with van der Waals surface area (Å²) in [6.07, 6.45) is 4.37. The van der Waals surface area contributed by atoms with E-state index < -0.39 is 0 Å². The van der Waals surface area contributed by atoms with Crippen LogP contribution in [-0.2, 0) is 9.47 Å². The van der Waals surface area contributed by atoms with E-state index in [2.05, 4.69) is 13.3 Å². The van der Waals surface area contributed by atoms with E-state index in [1.165, 1.54) is 0 Å². The minimum atomic E-state index is 0. The molecule has 0 aromatic carbocycles. The van der Waals surface area contributed by atoms with E-state index in [1.54, 1.807) is 0 Å². The zero-order valence-corrected chi connectivity index (χ0v) is 11.0. The molecule has 0 heterocycles. The summed E-state index contributed by atoms with van der Waals surface area (Å²) in [4.78, 5) is 0. The first kappa shape index (κ1) is 18.9. The van der Waals surface area contributed by atoms with Crippen molar-refractivity contribution in [3.05, 3.63) is 6.42 Å². The zero-order chi connectivity index (χ0) is 7.66. The third-order valence-electron chi connectivity index (χ3n) is 1.15. The fourth-order valence-electron chi connectivity index (χ4n) is 0.591. The fraction of sp³-hybridized carbons (Fsp3) is 0.875. The van der Waals surface area contributed by atoms with Crippen LogP contribution in [-0.4, -0.2) is 43.1 Å². The molecule has 12 heavy (non-hydrogen) atoms. The molecule has 0 bridgehead atoms. The zero-order valence-electron chi connectivity index (χ0n) is 8.01. The summed E-state index contributed by atoms with van der Waals surface area (Å²) in [5.41, 5.74) is 0. The van der Waals surface area contributed by atoms with Crippen LogP contribution in [0.25, 0.3) is 0 Å². The summed E-state index contributed by atoms with van der Waals surface area (Å²) in [7, 11) is 0. The molecule has 0 atom stereocenters. The maximum atomic E-state index is 5.13. The Bertz CT molecular complexity index is 57.0. The molecular formula is C8H17BrMgO2. The van der Waals surface area contributed by atoms with Crippen LogP contribution in [0.2, 0.25) is 0 Å². The van der Waals surface area contributed by atoms with Crippen LogP contribution in [0, 0.1) is 6.42 Å². The minimum absolute atomic E-state index is 0. The van der Waals surface area contributed by atoms with Gasteiger partial charge in [0.1, 0.15) is 6.79 Å². The van der Waals surface area contributed by atoms with Gasteiger partial charge in [-0.3, -0.25) is 0 Å². The van der Waals surface area contributed by atoms with Crippen molar-refractivity contribution in [2.24, 2.45) is 0 Å². The molecule has 0 aliphatic rings. The molecular weight excluding hydrogens is 232 g/mol. The van der Waals surface area contributed by atoms with E-state index in [-0.39, 0.29) is 40.0 Å². The van der Waals surface area contributed by atoms with Crippen LogP contribution in [0.4, 0.5) is 0 Å². The number of hydrogen-bond donors (Lipinski definition) is 0. The van der Waals surface area contributed by atoms with Gasteiger partial charge in [-0.15, -0.1) is 0 Å². The number of hydrogen-bond acceptors (Lipinski definition) is 2. The van der Waals surface area contributed by atoms with Gasteiger partial charge in [-0.25, -0.2) is 0 Å². The normalized spacial score (nSPS) is 8.50. The first-order valence-corrected chi connectivity index (χ1v) is 3.85. The molecule has 0 aromatic heterocycles. The fourth-order valence-corrected chi connectivity index (χ4v) is 0.591. The van der Waals surface area contributed by atoms with Gasteiger partial charge in [0.2, 0.25) is 0 Å². The monoisotopic (exact) mass is 248 g/mol. The van der Waals surface area contributed by atoms with Gasteiger partial charge in [-0.2, -0.15) is 13.3 Å². The summed E-state index contributed by atoms with van der Waals surface area (Å²) in [6, 6.07) is 0. The standard InChI is InChI=1S/C8H17O2.BrH.Mg/c1-3-5-6-7-10-8-9-4-2;;/h3H,4-8H2,1-2H3;1H;/q-1;;+2/p-1. The van der Waals surface area contributed by atoms with Crippen molar-refractivity contribution in [3.8, 4) is 0 Å².